The van der Waals surface area contributed by atoms with Crippen LogP contribution in [0.3, 0.4) is 0 Å². The van der Waals surface area contributed by atoms with Crippen molar-refractivity contribution in [1.29, 1.82) is 0 Å². The SMILES string of the molecule is COc1ccc(CCNC(=O)CSCC(=O)NCc2ccccc2F)cc1. The normalized spacial score (nSPS) is 10.3. The fourth-order valence-corrected chi connectivity index (χ4v) is 2.99. The summed E-state index contributed by atoms with van der Waals surface area (Å²) in [6.07, 6.45) is 0.726. The molecule has 0 aliphatic heterocycles. The number of halogens is 1. The number of nitrogens with one attached hydrogen (secondary N) is 2. The standard InChI is InChI=1S/C20H23FN2O3S/c1-26-17-8-6-15(7-9-17)10-11-22-19(24)13-27-14-20(25)23-12-16-4-2-3-5-18(16)21/h2-9H,10-14H2,1H3,(H,22,24)(H,23,25). The van der Waals surface area contributed by atoms with Gasteiger partial charge in [-0.25, -0.2) is 4.39 Å². The summed E-state index contributed by atoms with van der Waals surface area (Å²) in [6, 6.07) is 14.0. The molecule has 0 saturated carbocycles. The highest BCUT2D eigenvalue weighted by Crippen LogP contribution is 2.11. The minimum absolute atomic E-state index is 0.115. The summed E-state index contributed by atoms with van der Waals surface area (Å²) in [5.41, 5.74) is 1.54. The van der Waals surface area contributed by atoms with E-state index in [1.807, 2.05) is 24.3 Å². The zero-order valence-corrected chi connectivity index (χ0v) is 16.0. The highest BCUT2D eigenvalue weighted by Gasteiger charge is 2.07. The van der Waals surface area contributed by atoms with E-state index in [-0.39, 0.29) is 35.7 Å². The van der Waals surface area contributed by atoms with E-state index in [0.29, 0.717) is 12.1 Å². The van der Waals surface area contributed by atoms with Crippen LogP contribution >= 0.6 is 11.8 Å². The van der Waals surface area contributed by atoms with Crippen LogP contribution in [0.1, 0.15) is 11.1 Å². The molecule has 7 heteroatoms. The number of methoxy groups -OCH3 is 1. The van der Waals surface area contributed by atoms with Crippen LogP contribution in [0.15, 0.2) is 48.5 Å². The molecule has 0 unspecified atom stereocenters. The van der Waals surface area contributed by atoms with Crippen LogP contribution in [0.4, 0.5) is 4.39 Å². The number of benzene rings is 2. The number of carbonyl (C=O) groups is 2. The van der Waals surface area contributed by atoms with Crippen molar-refractivity contribution in [3.63, 3.8) is 0 Å². The molecule has 0 saturated heterocycles. The zero-order chi connectivity index (χ0) is 19.5. The maximum atomic E-state index is 13.5. The monoisotopic (exact) mass is 390 g/mol. The molecule has 0 bridgehead atoms. The molecule has 0 heterocycles. The average molecular weight is 390 g/mol. The summed E-state index contributed by atoms with van der Waals surface area (Å²) in [6.45, 7) is 0.672. The Balaban J connectivity index is 1.57. The van der Waals surface area contributed by atoms with Crippen molar-refractivity contribution in [2.24, 2.45) is 0 Å². The smallest absolute Gasteiger partial charge is 0.230 e. The van der Waals surface area contributed by atoms with Crippen LogP contribution in [0.5, 0.6) is 5.75 Å². The summed E-state index contributed by atoms with van der Waals surface area (Å²) >= 11 is 1.23. The fraction of sp³-hybridized carbons (Fsp3) is 0.300. The van der Waals surface area contributed by atoms with Crippen molar-refractivity contribution in [2.45, 2.75) is 13.0 Å². The Kier molecular flexibility index (Phi) is 8.64. The minimum atomic E-state index is -0.346. The van der Waals surface area contributed by atoms with Crippen molar-refractivity contribution < 1.29 is 18.7 Å². The third kappa shape index (κ3) is 7.70. The minimum Gasteiger partial charge on any atom is -0.497 e. The van der Waals surface area contributed by atoms with E-state index in [4.69, 9.17) is 4.74 Å². The first-order chi connectivity index (χ1) is 13.1. The predicted octanol–water partition coefficient (Wildman–Crippen LogP) is 2.54. The molecule has 0 aliphatic carbocycles. The van der Waals surface area contributed by atoms with Crippen LogP contribution in [-0.2, 0) is 22.6 Å². The highest BCUT2D eigenvalue weighted by molar-refractivity contribution is 8.00. The first kappa shape index (κ1) is 20.8. The molecular formula is C20H23FN2O3S. The van der Waals surface area contributed by atoms with E-state index < -0.39 is 0 Å². The van der Waals surface area contributed by atoms with Crippen molar-refractivity contribution in [3.8, 4) is 5.75 Å². The van der Waals surface area contributed by atoms with Gasteiger partial charge in [-0.05, 0) is 30.2 Å². The molecule has 2 amide bonds. The number of thioether (sulfide) groups is 1. The molecule has 2 N–H and O–H groups in total. The number of hydrogen-bond donors (Lipinski definition) is 2. The van der Waals surface area contributed by atoms with Crippen molar-refractivity contribution in [1.82, 2.24) is 10.6 Å². The van der Waals surface area contributed by atoms with Crippen LogP contribution in [0.25, 0.3) is 0 Å². The maximum absolute atomic E-state index is 13.5. The van der Waals surface area contributed by atoms with Gasteiger partial charge in [0.2, 0.25) is 11.8 Å². The Morgan fingerprint density at radius 3 is 2.33 bits per heavy atom. The lowest BCUT2D eigenvalue weighted by Gasteiger charge is -2.07. The van der Waals surface area contributed by atoms with E-state index >= 15 is 0 Å². The van der Waals surface area contributed by atoms with Crippen LogP contribution < -0.4 is 15.4 Å². The van der Waals surface area contributed by atoms with Gasteiger partial charge in [0, 0.05) is 18.7 Å². The van der Waals surface area contributed by atoms with Crippen LogP contribution in [0.2, 0.25) is 0 Å². The molecule has 0 fully saturated rings. The quantitative estimate of drug-likeness (QED) is 0.654. The predicted molar refractivity (Wildman–Crippen MR) is 105 cm³/mol. The molecule has 5 nitrogen and oxygen atoms in total. The Hall–Kier alpha value is -2.54. The zero-order valence-electron chi connectivity index (χ0n) is 15.2. The molecule has 0 aromatic heterocycles. The third-order valence-electron chi connectivity index (χ3n) is 3.80. The maximum Gasteiger partial charge on any atom is 0.230 e. The average Bonchev–Trinajstić information content (AvgIpc) is 2.68. The summed E-state index contributed by atoms with van der Waals surface area (Å²) in [5, 5.41) is 5.47. The summed E-state index contributed by atoms with van der Waals surface area (Å²) in [4.78, 5) is 23.6. The molecular weight excluding hydrogens is 367 g/mol. The molecule has 144 valence electrons. The van der Waals surface area contributed by atoms with Gasteiger partial charge in [0.25, 0.3) is 0 Å². The summed E-state index contributed by atoms with van der Waals surface area (Å²) in [7, 11) is 1.62. The Morgan fingerprint density at radius 2 is 1.67 bits per heavy atom. The first-order valence-corrected chi connectivity index (χ1v) is 9.71. The fourth-order valence-electron chi connectivity index (χ4n) is 2.31. The summed E-state index contributed by atoms with van der Waals surface area (Å²) < 4.78 is 18.6. The van der Waals surface area contributed by atoms with E-state index in [1.165, 1.54) is 17.8 Å². The molecule has 2 aromatic rings. The second-order valence-electron chi connectivity index (χ2n) is 5.81. The van der Waals surface area contributed by atoms with E-state index in [9.17, 15) is 14.0 Å². The Bertz CT molecular complexity index is 753. The van der Waals surface area contributed by atoms with Crippen molar-refractivity contribution >= 4 is 23.6 Å². The molecule has 2 aromatic carbocycles. The van der Waals surface area contributed by atoms with Gasteiger partial charge in [0.1, 0.15) is 11.6 Å². The van der Waals surface area contributed by atoms with Crippen molar-refractivity contribution in [3.05, 3.63) is 65.5 Å². The van der Waals surface area contributed by atoms with Gasteiger partial charge < -0.3 is 15.4 Å². The molecule has 0 spiro atoms. The van der Waals surface area contributed by atoms with Gasteiger partial charge in [-0.2, -0.15) is 0 Å². The second kappa shape index (κ2) is 11.2. The van der Waals surface area contributed by atoms with Gasteiger partial charge in [0.15, 0.2) is 0 Å². The Morgan fingerprint density at radius 1 is 1.00 bits per heavy atom. The van der Waals surface area contributed by atoms with E-state index in [2.05, 4.69) is 10.6 Å². The van der Waals surface area contributed by atoms with E-state index in [1.54, 1.807) is 25.3 Å². The largest absolute Gasteiger partial charge is 0.497 e. The van der Waals surface area contributed by atoms with E-state index in [0.717, 1.165) is 17.7 Å². The lowest BCUT2D eigenvalue weighted by molar-refractivity contribution is -0.119. The number of amides is 2. The first-order valence-electron chi connectivity index (χ1n) is 8.56. The third-order valence-corrected chi connectivity index (χ3v) is 4.73. The summed E-state index contributed by atoms with van der Waals surface area (Å²) in [5.74, 6) is 0.467. The molecule has 0 aliphatic rings. The lowest BCUT2D eigenvalue weighted by Crippen LogP contribution is -2.29. The highest BCUT2D eigenvalue weighted by atomic mass is 32.2. The number of ether oxygens (including phenoxy) is 1. The lowest BCUT2D eigenvalue weighted by atomic mass is 10.1. The van der Waals surface area contributed by atoms with Gasteiger partial charge in [-0.15, -0.1) is 11.8 Å². The van der Waals surface area contributed by atoms with Gasteiger partial charge in [-0.3, -0.25) is 9.59 Å². The molecule has 0 radical (unpaired) electrons. The van der Waals surface area contributed by atoms with Gasteiger partial charge >= 0.3 is 0 Å². The van der Waals surface area contributed by atoms with Gasteiger partial charge in [-0.1, -0.05) is 30.3 Å². The topological polar surface area (TPSA) is 67.4 Å². The van der Waals surface area contributed by atoms with Gasteiger partial charge in [0.05, 0.1) is 18.6 Å². The molecule has 27 heavy (non-hydrogen) atoms. The molecule has 2 rings (SSSR count). The van der Waals surface area contributed by atoms with Crippen molar-refractivity contribution in [2.75, 3.05) is 25.2 Å². The van der Waals surface area contributed by atoms with Crippen LogP contribution in [0, 0.1) is 5.82 Å². The number of rotatable bonds is 10. The second-order valence-corrected chi connectivity index (χ2v) is 6.79. The number of hydrogen-bond acceptors (Lipinski definition) is 4. The number of carbonyl (C=O) groups excluding carboxylic acids is 2. The van der Waals surface area contributed by atoms with Crippen LogP contribution in [-0.4, -0.2) is 37.0 Å². The Labute approximate surface area is 162 Å². The molecule has 0 atom stereocenters.